The van der Waals surface area contributed by atoms with Crippen molar-refractivity contribution in [3.63, 3.8) is 0 Å². The molecule has 0 aliphatic carbocycles. The lowest BCUT2D eigenvalue weighted by molar-refractivity contribution is -0.118. The molecule has 1 aromatic rings. The highest BCUT2D eigenvalue weighted by Gasteiger charge is 2.02. The number of nitrogens with one attached hydrogen (secondary N) is 1. The van der Waals surface area contributed by atoms with Crippen molar-refractivity contribution in [3.05, 3.63) is 16.1 Å². The van der Waals surface area contributed by atoms with E-state index >= 15 is 0 Å². The Hall–Kier alpha value is -0.470. The Labute approximate surface area is 71.5 Å². The highest BCUT2D eigenvalue weighted by Crippen LogP contribution is 2.08. The van der Waals surface area contributed by atoms with Gasteiger partial charge in [-0.3, -0.25) is 4.79 Å². The van der Waals surface area contributed by atoms with E-state index in [1.165, 1.54) is 0 Å². The Morgan fingerprint density at radius 1 is 1.91 bits per heavy atom. The highest BCUT2D eigenvalue weighted by molar-refractivity contribution is 7.15. The Morgan fingerprint density at radius 2 is 2.64 bits per heavy atom. The summed E-state index contributed by atoms with van der Waals surface area (Å²) in [4.78, 5) is 15.0. The van der Waals surface area contributed by atoms with Gasteiger partial charge in [-0.25, -0.2) is 4.98 Å². The molecule has 0 saturated heterocycles. The Bertz CT molecular complexity index is 261. The van der Waals surface area contributed by atoms with E-state index in [1.54, 1.807) is 11.3 Å². The number of amides is 1. The zero-order chi connectivity index (χ0) is 8.27. The predicted molar refractivity (Wildman–Crippen MR) is 48.4 cm³/mol. The van der Waals surface area contributed by atoms with Gasteiger partial charge < -0.3 is 5.09 Å². The molecule has 1 unspecified atom stereocenters. The monoisotopic (exact) mass is 188 g/mol. The van der Waals surface area contributed by atoms with Crippen LogP contribution < -0.4 is 5.09 Å². The summed E-state index contributed by atoms with van der Waals surface area (Å²) in [7, 11) is 2.17. The Balaban J connectivity index is 2.57. The summed E-state index contributed by atoms with van der Waals surface area (Å²) >= 11 is 1.56. The second kappa shape index (κ2) is 3.79. The van der Waals surface area contributed by atoms with Gasteiger partial charge in [0.1, 0.15) is 0 Å². The summed E-state index contributed by atoms with van der Waals surface area (Å²) in [5.74, 6) is -0.0275. The highest BCUT2D eigenvalue weighted by atomic mass is 32.1. The van der Waals surface area contributed by atoms with Crippen LogP contribution in [0.2, 0.25) is 0 Å². The summed E-state index contributed by atoms with van der Waals surface area (Å²) < 4.78 is 0. The van der Waals surface area contributed by atoms with E-state index < -0.39 is 0 Å². The fourth-order valence-electron chi connectivity index (χ4n) is 0.705. The minimum absolute atomic E-state index is 0.0275. The molecule has 0 bridgehead atoms. The van der Waals surface area contributed by atoms with Gasteiger partial charge in [-0.15, -0.1) is 11.3 Å². The SMILES string of the molecule is Cc1nc(CC(=O)NP)cs1. The second-order valence-corrected chi connectivity index (χ2v) is 3.45. The van der Waals surface area contributed by atoms with Crippen LogP contribution in [0, 0.1) is 6.92 Å². The van der Waals surface area contributed by atoms with E-state index in [0.29, 0.717) is 6.42 Å². The predicted octanol–water partition coefficient (Wildman–Crippen LogP) is 0.900. The Morgan fingerprint density at radius 3 is 3.09 bits per heavy atom. The summed E-state index contributed by atoms with van der Waals surface area (Å²) in [6, 6.07) is 0. The van der Waals surface area contributed by atoms with E-state index in [9.17, 15) is 4.79 Å². The second-order valence-electron chi connectivity index (χ2n) is 2.10. The normalized spacial score (nSPS) is 9.64. The molecular weight excluding hydrogens is 179 g/mol. The molecule has 60 valence electrons. The lowest BCUT2D eigenvalue weighted by atomic mass is 10.3. The van der Waals surface area contributed by atoms with Crippen LogP contribution in [0.3, 0.4) is 0 Å². The van der Waals surface area contributed by atoms with E-state index in [0.717, 1.165) is 10.7 Å². The molecule has 1 N–H and O–H groups in total. The van der Waals surface area contributed by atoms with Gasteiger partial charge in [0.2, 0.25) is 5.91 Å². The summed E-state index contributed by atoms with van der Waals surface area (Å²) in [5.41, 5.74) is 0.840. The fourth-order valence-corrected chi connectivity index (χ4v) is 1.42. The number of carbonyl (C=O) groups is 1. The van der Waals surface area contributed by atoms with Crippen LogP contribution in [0.25, 0.3) is 0 Å². The average molecular weight is 188 g/mol. The van der Waals surface area contributed by atoms with Crippen LogP contribution in [0.15, 0.2) is 5.38 Å². The van der Waals surface area contributed by atoms with Crippen molar-refractivity contribution in [1.29, 1.82) is 0 Å². The third-order valence-electron chi connectivity index (χ3n) is 1.17. The number of hydrogen-bond acceptors (Lipinski definition) is 3. The van der Waals surface area contributed by atoms with Crippen LogP contribution in [0.5, 0.6) is 0 Å². The summed E-state index contributed by atoms with van der Waals surface area (Å²) in [6.07, 6.45) is 0.369. The first-order chi connectivity index (χ1) is 5.22. The molecule has 11 heavy (non-hydrogen) atoms. The number of carbonyl (C=O) groups excluding carboxylic acids is 1. The molecule has 0 aromatic carbocycles. The minimum Gasteiger partial charge on any atom is -0.340 e. The third kappa shape index (κ3) is 2.56. The van der Waals surface area contributed by atoms with Crippen LogP contribution >= 0.6 is 20.7 Å². The van der Waals surface area contributed by atoms with Gasteiger partial charge in [0.25, 0.3) is 0 Å². The van der Waals surface area contributed by atoms with Gasteiger partial charge in [0, 0.05) is 5.38 Å². The molecule has 1 heterocycles. The van der Waals surface area contributed by atoms with Gasteiger partial charge in [0.05, 0.1) is 17.1 Å². The molecule has 0 aliphatic rings. The number of aromatic nitrogens is 1. The summed E-state index contributed by atoms with van der Waals surface area (Å²) in [6.45, 7) is 1.92. The molecule has 0 aliphatic heterocycles. The van der Waals surface area contributed by atoms with Gasteiger partial charge in [-0.2, -0.15) is 0 Å². The first-order valence-corrected chi connectivity index (χ1v) is 4.58. The molecule has 0 fully saturated rings. The molecule has 0 radical (unpaired) electrons. The fraction of sp³-hybridized carbons (Fsp3) is 0.333. The quantitative estimate of drug-likeness (QED) is 0.700. The van der Waals surface area contributed by atoms with E-state index in [1.807, 2.05) is 12.3 Å². The molecule has 0 saturated carbocycles. The van der Waals surface area contributed by atoms with E-state index in [2.05, 4.69) is 19.5 Å². The van der Waals surface area contributed by atoms with Crippen LogP contribution in [-0.2, 0) is 11.2 Å². The van der Waals surface area contributed by atoms with Crippen LogP contribution in [0.4, 0.5) is 0 Å². The first-order valence-electron chi connectivity index (χ1n) is 3.13. The number of thiazole rings is 1. The van der Waals surface area contributed by atoms with Crippen molar-refractivity contribution >= 4 is 26.6 Å². The molecule has 5 heteroatoms. The van der Waals surface area contributed by atoms with Crippen molar-refractivity contribution in [2.24, 2.45) is 0 Å². The lowest BCUT2D eigenvalue weighted by Gasteiger charge is -1.93. The maximum absolute atomic E-state index is 10.8. The first kappa shape index (κ1) is 8.62. The maximum Gasteiger partial charge on any atom is 0.228 e. The number of hydrogen-bond donors (Lipinski definition) is 1. The molecule has 1 aromatic heterocycles. The van der Waals surface area contributed by atoms with Crippen molar-refractivity contribution in [2.75, 3.05) is 0 Å². The molecule has 0 spiro atoms. The van der Waals surface area contributed by atoms with Crippen molar-refractivity contribution in [2.45, 2.75) is 13.3 Å². The molecule has 1 amide bonds. The lowest BCUT2D eigenvalue weighted by Crippen LogP contribution is -2.14. The van der Waals surface area contributed by atoms with Crippen LogP contribution in [0.1, 0.15) is 10.7 Å². The molecule has 1 atom stereocenters. The van der Waals surface area contributed by atoms with Gasteiger partial charge >= 0.3 is 0 Å². The zero-order valence-electron chi connectivity index (χ0n) is 6.13. The van der Waals surface area contributed by atoms with Gasteiger partial charge in [0.15, 0.2) is 0 Å². The number of aryl methyl sites for hydroxylation is 1. The molecule has 1 rings (SSSR count). The van der Waals surface area contributed by atoms with Crippen molar-refractivity contribution < 1.29 is 4.79 Å². The third-order valence-corrected chi connectivity index (χ3v) is 2.31. The van der Waals surface area contributed by atoms with E-state index in [4.69, 9.17) is 0 Å². The summed E-state index contributed by atoms with van der Waals surface area (Å²) in [5, 5.41) is 5.36. The smallest absolute Gasteiger partial charge is 0.228 e. The van der Waals surface area contributed by atoms with Gasteiger partial charge in [-0.05, 0) is 16.3 Å². The van der Waals surface area contributed by atoms with Crippen molar-refractivity contribution in [3.8, 4) is 0 Å². The molecular formula is C6H9N2OPS. The van der Waals surface area contributed by atoms with E-state index in [-0.39, 0.29) is 5.91 Å². The minimum atomic E-state index is -0.0275. The standard InChI is InChI=1S/C6H9N2OPS/c1-4-7-5(3-11-4)2-6(9)8-10/h3H,2,10H2,1H3,(H,8,9). The van der Waals surface area contributed by atoms with Crippen LogP contribution in [-0.4, -0.2) is 10.9 Å². The molecule has 3 nitrogen and oxygen atoms in total. The average Bonchev–Trinajstić information content (AvgIpc) is 2.35. The zero-order valence-corrected chi connectivity index (χ0v) is 8.10. The topological polar surface area (TPSA) is 42.0 Å². The Kier molecular flexibility index (Phi) is 2.97. The van der Waals surface area contributed by atoms with Crippen molar-refractivity contribution in [1.82, 2.24) is 10.1 Å². The number of nitrogens with zero attached hydrogens (tertiary/aromatic N) is 1. The number of rotatable bonds is 2. The van der Waals surface area contributed by atoms with Gasteiger partial charge in [-0.1, -0.05) is 0 Å². The largest absolute Gasteiger partial charge is 0.340 e. The maximum atomic E-state index is 10.8.